The minimum Gasteiger partial charge on any atom is -0.492 e. The highest BCUT2D eigenvalue weighted by atomic mass is 35.5. The van der Waals surface area contributed by atoms with Crippen molar-refractivity contribution in [3.05, 3.63) is 47.4 Å². The van der Waals surface area contributed by atoms with Crippen LogP contribution in [0.4, 0.5) is 0 Å². The number of sulfonamides is 1. The summed E-state index contributed by atoms with van der Waals surface area (Å²) in [4.78, 5) is 12.6. The molecule has 1 amide bonds. The quantitative estimate of drug-likeness (QED) is 0.735. The number of hydrogen-bond donors (Lipinski definition) is 1. The fourth-order valence-electron chi connectivity index (χ4n) is 3.17. The van der Waals surface area contributed by atoms with Crippen molar-refractivity contribution >= 4 is 27.5 Å². The Morgan fingerprint density at radius 3 is 2.89 bits per heavy atom. The summed E-state index contributed by atoms with van der Waals surface area (Å²) < 4.78 is 37.9. The van der Waals surface area contributed by atoms with Gasteiger partial charge in [-0.1, -0.05) is 11.6 Å². The van der Waals surface area contributed by atoms with Gasteiger partial charge in [-0.25, -0.2) is 8.42 Å². The summed E-state index contributed by atoms with van der Waals surface area (Å²) in [6.45, 7) is 3.05. The number of carbonyl (C=O) groups excluding carboxylic acids is 1. The van der Waals surface area contributed by atoms with Crippen LogP contribution in [0.15, 0.2) is 45.9 Å². The predicted octanol–water partition coefficient (Wildman–Crippen LogP) is 3.05. The van der Waals surface area contributed by atoms with Crippen molar-refractivity contribution in [3.63, 3.8) is 0 Å². The first-order valence-electron chi connectivity index (χ1n) is 9.14. The second-order valence-electron chi connectivity index (χ2n) is 6.52. The third kappa shape index (κ3) is 4.68. The van der Waals surface area contributed by atoms with Gasteiger partial charge in [0.05, 0.1) is 35.3 Å². The Hall–Kier alpha value is -2.03. The van der Waals surface area contributed by atoms with E-state index in [1.807, 2.05) is 6.92 Å². The Morgan fingerprint density at radius 1 is 1.39 bits per heavy atom. The number of piperidine rings is 1. The van der Waals surface area contributed by atoms with Crippen LogP contribution in [0.25, 0.3) is 0 Å². The molecule has 1 fully saturated rings. The molecule has 0 saturated carbocycles. The molecule has 1 saturated heterocycles. The second kappa shape index (κ2) is 8.98. The number of benzene rings is 1. The molecule has 1 atom stereocenters. The van der Waals surface area contributed by atoms with E-state index in [4.69, 9.17) is 20.8 Å². The van der Waals surface area contributed by atoms with Crippen LogP contribution in [0.3, 0.4) is 0 Å². The molecule has 2 aromatic rings. The van der Waals surface area contributed by atoms with Crippen LogP contribution < -0.4 is 10.1 Å². The number of halogens is 1. The summed E-state index contributed by atoms with van der Waals surface area (Å²) in [5, 5.41) is 3.05. The summed E-state index contributed by atoms with van der Waals surface area (Å²) in [6, 6.07) is 7.94. The number of hydrogen-bond acceptors (Lipinski definition) is 5. The smallest absolute Gasteiger partial charge is 0.243 e. The number of nitrogens with zero attached hydrogens (tertiary/aromatic N) is 1. The normalized spacial score (nSPS) is 18.0. The van der Waals surface area contributed by atoms with Crippen molar-refractivity contribution in [3.8, 4) is 5.75 Å². The standard InChI is InChI=1S/C19H23ClN2O5S/c1-2-26-18-8-7-16(11-17(18)20)28(24,25)22-9-3-5-14(13-22)19(23)21-12-15-6-4-10-27-15/h4,6-8,10-11,14H,2-3,5,9,12-13H2,1H3,(H,21,23). The molecule has 9 heteroatoms. The lowest BCUT2D eigenvalue weighted by atomic mass is 9.99. The highest BCUT2D eigenvalue weighted by Gasteiger charge is 2.33. The molecule has 0 spiro atoms. The molecule has 1 unspecified atom stereocenters. The van der Waals surface area contributed by atoms with Gasteiger partial charge >= 0.3 is 0 Å². The average Bonchev–Trinajstić information content (AvgIpc) is 3.21. The number of ether oxygens (including phenoxy) is 1. The molecule has 2 heterocycles. The van der Waals surface area contributed by atoms with Crippen LogP contribution in [0.5, 0.6) is 5.75 Å². The molecular formula is C19H23ClN2O5S. The molecule has 1 aliphatic heterocycles. The summed E-state index contributed by atoms with van der Waals surface area (Å²) >= 11 is 6.14. The molecule has 1 N–H and O–H groups in total. The van der Waals surface area contributed by atoms with Gasteiger partial charge in [-0.15, -0.1) is 0 Å². The Labute approximate surface area is 169 Å². The Bertz CT molecular complexity index is 914. The van der Waals surface area contributed by atoms with E-state index >= 15 is 0 Å². The molecule has 0 aliphatic carbocycles. The SMILES string of the molecule is CCOc1ccc(S(=O)(=O)N2CCCC(C(=O)NCc3ccco3)C2)cc1Cl. The zero-order valence-electron chi connectivity index (χ0n) is 15.6. The maximum Gasteiger partial charge on any atom is 0.243 e. The average molecular weight is 427 g/mol. The van der Waals surface area contributed by atoms with Gasteiger partial charge in [-0.05, 0) is 50.1 Å². The largest absolute Gasteiger partial charge is 0.492 e. The van der Waals surface area contributed by atoms with E-state index < -0.39 is 15.9 Å². The fraction of sp³-hybridized carbons (Fsp3) is 0.421. The van der Waals surface area contributed by atoms with Gasteiger partial charge in [-0.2, -0.15) is 4.31 Å². The number of furan rings is 1. The van der Waals surface area contributed by atoms with E-state index in [1.165, 1.54) is 16.4 Å². The van der Waals surface area contributed by atoms with Crippen molar-refractivity contribution in [2.75, 3.05) is 19.7 Å². The summed E-state index contributed by atoms with van der Waals surface area (Å²) in [6.07, 6.45) is 2.79. The Kier molecular flexibility index (Phi) is 6.64. The maximum atomic E-state index is 13.0. The molecule has 1 aromatic carbocycles. The summed E-state index contributed by atoms with van der Waals surface area (Å²) in [5.74, 6) is 0.507. The summed E-state index contributed by atoms with van der Waals surface area (Å²) in [7, 11) is -3.75. The van der Waals surface area contributed by atoms with Gasteiger partial charge in [0.2, 0.25) is 15.9 Å². The Morgan fingerprint density at radius 2 is 2.21 bits per heavy atom. The van der Waals surface area contributed by atoms with E-state index in [1.54, 1.807) is 24.5 Å². The topological polar surface area (TPSA) is 88.9 Å². The van der Waals surface area contributed by atoms with Gasteiger partial charge in [0.1, 0.15) is 11.5 Å². The van der Waals surface area contributed by atoms with Gasteiger partial charge in [0.25, 0.3) is 0 Å². The van der Waals surface area contributed by atoms with Gasteiger partial charge in [0.15, 0.2) is 0 Å². The third-order valence-electron chi connectivity index (χ3n) is 4.61. The lowest BCUT2D eigenvalue weighted by Crippen LogP contribution is -2.45. The molecule has 0 radical (unpaired) electrons. The zero-order chi connectivity index (χ0) is 20.1. The predicted molar refractivity (Wildman–Crippen MR) is 105 cm³/mol. The van der Waals surface area contributed by atoms with Crippen molar-refractivity contribution in [1.82, 2.24) is 9.62 Å². The zero-order valence-corrected chi connectivity index (χ0v) is 17.1. The summed E-state index contributed by atoms with van der Waals surface area (Å²) in [5.41, 5.74) is 0. The van der Waals surface area contributed by atoms with Crippen LogP contribution >= 0.6 is 11.6 Å². The first kappa shape index (κ1) is 20.7. The molecule has 0 bridgehead atoms. The van der Waals surface area contributed by atoms with Crippen LogP contribution in [0, 0.1) is 5.92 Å². The van der Waals surface area contributed by atoms with Gasteiger partial charge in [0, 0.05) is 13.1 Å². The minimum absolute atomic E-state index is 0.0950. The molecule has 1 aromatic heterocycles. The minimum atomic E-state index is -3.75. The molecule has 152 valence electrons. The second-order valence-corrected chi connectivity index (χ2v) is 8.87. The van der Waals surface area contributed by atoms with Crippen molar-refractivity contribution < 1.29 is 22.4 Å². The molecule has 7 nitrogen and oxygen atoms in total. The monoisotopic (exact) mass is 426 g/mol. The lowest BCUT2D eigenvalue weighted by molar-refractivity contribution is -0.126. The van der Waals surface area contributed by atoms with Gasteiger partial charge < -0.3 is 14.5 Å². The van der Waals surface area contributed by atoms with Crippen molar-refractivity contribution in [1.29, 1.82) is 0 Å². The molecule has 28 heavy (non-hydrogen) atoms. The van der Waals surface area contributed by atoms with E-state index in [0.717, 1.165) is 0 Å². The molecular weight excluding hydrogens is 404 g/mol. The van der Waals surface area contributed by atoms with Crippen LogP contribution in [-0.2, 0) is 21.4 Å². The Balaban J connectivity index is 1.68. The lowest BCUT2D eigenvalue weighted by Gasteiger charge is -2.31. The van der Waals surface area contributed by atoms with E-state index in [-0.39, 0.29) is 28.9 Å². The van der Waals surface area contributed by atoms with Gasteiger partial charge in [-0.3, -0.25) is 4.79 Å². The highest BCUT2D eigenvalue weighted by molar-refractivity contribution is 7.89. The number of rotatable bonds is 7. The highest BCUT2D eigenvalue weighted by Crippen LogP contribution is 2.30. The third-order valence-corrected chi connectivity index (χ3v) is 6.77. The first-order valence-corrected chi connectivity index (χ1v) is 11.0. The number of nitrogens with one attached hydrogen (secondary N) is 1. The van der Waals surface area contributed by atoms with Crippen LogP contribution in [0.2, 0.25) is 5.02 Å². The first-order chi connectivity index (χ1) is 13.4. The number of amides is 1. The van der Waals surface area contributed by atoms with E-state index in [2.05, 4.69) is 5.32 Å². The van der Waals surface area contributed by atoms with E-state index in [9.17, 15) is 13.2 Å². The van der Waals surface area contributed by atoms with E-state index in [0.29, 0.717) is 37.5 Å². The van der Waals surface area contributed by atoms with Crippen LogP contribution in [-0.4, -0.2) is 38.3 Å². The number of carbonyl (C=O) groups is 1. The fourth-order valence-corrected chi connectivity index (χ4v) is 5.02. The maximum absolute atomic E-state index is 13.0. The molecule has 3 rings (SSSR count). The van der Waals surface area contributed by atoms with Crippen LogP contribution in [0.1, 0.15) is 25.5 Å². The van der Waals surface area contributed by atoms with Crippen molar-refractivity contribution in [2.45, 2.75) is 31.2 Å². The van der Waals surface area contributed by atoms with Crippen molar-refractivity contribution in [2.24, 2.45) is 5.92 Å². The molecule has 1 aliphatic rings.